The number of benzene rings is 1. The molecule has 1 amide bonds. The van der Waals surface area contributed by atoms with Gasteiger partial charge in [-0.05, 0) is 106 Å². The Kier molecular flexibility index (Phi) is 9.18. The molecule has 52 heavy (non-hydrogen) atoms. The van der Waals surface area contributed by atoms with Gasteiger partial charge >= 0.3 is 6.09 Å². The lowest BCUT2D eigenvalue weighted by Gasteiger charge is -2.71. The van der Waals surface area contributed by atoms with Gasteiger partial charge in [-0.3, -0.25) is 4.79 Å². The van der Waals surface area contributed by atoms with E-state index in [0.29, 0.717) is 49.3 Å². The first kappa shape index (κ1) is 36.5. The third-order valence-electron chi connectivity index (χ3n) is 16.4. The Morgan fingerprint density at radius 2 is 1.69 bits per heavy atom. The molecule has 1 aliphatic heterocycles. The molecule has 7 nitrogen and oxygen atoms in total. The summed E-state index contributed by atoms with van der Waals surface area (Å²) in [6.45, 7) is 12.7. The summed E-state index contributed by atoms with van der Waals surface area (Å²) in [7, 11) is 0. The second kappa shape index (κ2) is 13.1. The fourth-order valence-electron chi connectivity index (χ4n) is 13.4. The summed E-state index contributed by atoms with van der Waals surface area (Å²) in [6.07, 6.45) is 16.5. The molecule has 7 heteroatoms. The first-order valence-electron chi connectivity index (χ1n) is 20.8. The highest BCUT2D eigenvalue weighted by atomic mass is 16.6. The number of hydrogen-bond donors (Lipinski definition) is 2. The van der Waals surface area contributed by atoms with Crippen LogP contribution in [0.2, 0.25) is 0 Å². The van der Waals surface area contributed by atoms with E-state index in [4.69, 9.17) is 9.47 Å². The van der Waals surface area contributed by atoms with Gasteiger partial charge in [-0.15, -0.1) is 0 Å². The molecule has 0 aromatic heterocycles. The first-order valence-corrected chi connectivity index (χ1v) is 20.8. The van der Waals surface area contributed by atoms with E-state index in [1.54, 1.807) is 0 Å². The number of aliphatic hydroxyl groups is 2. The molecule has 12 atom stereocenters. The van der Waals surface area contributed by atoms with Crippen LogP contribution in [-0.4, -0.2) is 70.6 Å². The Morgan fingerprint density at radius 3 is 2.42 bits per heavy atom. The number of aliphatic hydroxyl groups excluding tert-OH is 1. The van der Waals surface area contributed by atoms with Gasteiger partial charge in [-0.25, -0.2) is 4.79 Å². The molecule has 5 fully saturated rings. The van der Waals surface area contributed by atoms with Gasteiger partial charge < -0.3 is 24.6 Å². The monoisotopic (exact) mass is 713 g/mol. The SMILES string of the molecule is CC(C)[C@H]1CC[C@H](C)C[C@@H]1OC(=O)N(C[C@H]1CCCO1)C[C@]1(O)CC[C@H]2[C@]34C=C[C@@]5(C=C3C(=O)c3ccccc3)CC(O)CC[C@]5(C)[C@H]4CC[C@@]21C. The third kappa shape index (κ3) is 5.44. The van der Waals surface area contributed by atoms with E-state index in [1.165, 1.54) is 0 Å². The highest BCUT2D eigenvalue weighted by molar-refractivity contribution is 6.10. The van der Waals surface area contributed by atoms with Crippen LogP contribution >= 0.6 is 0 Å². The highest BCUT2D eigenvalue weighted by Gasteiger charge is 2.74. The minimum absolute atomic E-state index is 0.0194. The number of carbonyl (C=O) groups is 2. The maximum Gasteiger partial charge on any atom is 0.410 e. The molecule has 2 N–H and O–H groups in total. The number of carbonyl (C=O) groups excluding carboxylic acids is 2. The largest absolute Gasteiger partial charge is 0.446 e. The van der Waals surface area contributed by atoms with Crippen LogP contribution in [0.1, 0.15) is 122 Å². The van der Waals surface area contributed by atoms with E-state index in [0.717, 1.165) is 69.8 Å². The molecule has 8 aliphatic rings. The summed E-state index contributed by atoms with van der Waals surface area (Å²) in [5.74, 6) is 1.59. The van der Waals surface area contributed by atoms with Crippen molar-refractivity contribution in [3.05, 3.63) is 59.7 Å². The molecule has 1 aromatic carbocycles. The van der Waals surface area contributed by atoms with E-state index in [1.807, 2.05) is 35.2 Å². The van der Waals surface area contributed by atoms with E-state index in [9.17, 15) is 19.8 Å². The van der Waals surface area contributed by atoms with Gasteiger partial charge in [0.2, 0.25) is 0 Å². The molecule has 284 valence electrons. The van der Waals surface area contributed by atoms with Crippen LogP contribution in [0.5, 0.6) is 0 Å². The Balaban J connectivity index is 1.15. The number of hydrogen-bond acceptors (Lipinski definition) is 6. The number of rotatable bonds is 8. The Hall–Kier alpha value is -2.48. The molecule has 2 bridgehead atoms. The van der Waals surface area contributed by atoms with Crippen molar-refractivity contribution in [2.24, 2.45) is 51.2 Å². The van der Waals surface area contributed by atoms with Crippen LogP contribution in [-0.2, 0) is 9.47 Å². The number of fused-ring (bicyclic) bond motifs is 1. The van der Waals surface area contributed by atoms with E-state index < -0.39 is 16.4 Å². The average molecular weight is 714 g/mol. The second-order valence-corrected chi connectivity index (χ2v) is 19.3. The number of Topliss-reactive ketones (excluding diaryl/α,β-unsaturated/α-hetero) is 1. The van der Waals surface area contributed by atoms with Gasteiger partial charge in [0.15, 0.2) is 5.78 Å². The Bertz CT molecular complexity index is 1600. The van der Waals surface area contributed by atoms with Crippen LogP contribution in [0.15, 0.2) is 54.1 Å². The molecular weight excluding hydrogens is 650 g/mol. The number of ketones is 1. The molecule has 4 saturated carbocycles. The van der Waals surface area contributed by atoms with Gasteiger partial charge in [-0.1, -0.05) is 89.6 Å². The van der Waals surface area contributed by atoms with Gasteiger partial charge in [-0.2, -0.15) is 0 Å². The first-order chi connectivity index (χ1) is 24.8. The Morgan fingerprint density at radius 1 is 0.962 bits per heavy atom. The van der Waals surface area contributed by atoms with E-state index in [-0.39, 0.29) is 59.4 Å². The molecule has 1 unspecified atom stereocenters. The molecule has 1 heterocycles. The van der Waals surface area contributed by atoms with E-state index in [2.05, 4.69) is 52.8 Å². The van der Waals surface area contributed by atoms with Crippen molar-refractivity contribution in [2.75, 3.05) is 19.7 Å². The molecular formula is C45H63NO6. The molecule has 1 saturated heterocycles. The fraction of sp³-hybridized carbons (Fsp3) is 0.733. The average Bonchev–Trinajstić information content (AvgIpc) is 3.73. The van der Waals surface area contributed by atoms with Crippen LogP contribution in [0.3, 0.4) is 0 Å². The van der Waals surface area contributed by atoms with Gasteiger partial charge in [0, 0.05) is 34.0 Å². The summed E-state index contributed by atoms with van der Waals surface area (Å²) < 4.78 is 12.6. The van der Waals surface area contributed by atoms with E-state index >= 15 is 0 Å². The number of amides is 1. The van der Waals surface area contributed by atoms with Crippen molar-refractivity contribution in [1.29, 1.82) is 0 Å². The van der Waals surface area contributed by atoms with Crippen molar-refractivity contribution in [3.8, 4) is 0 Å². The Labute approximate surface area is 311 Å². The van der Waals surface area contributed by atoms with Gasteiger partial charge in [0.05, 0.1) is 30.9 Å². The molecule has 7 aliphatic carbocycles. The second-order valence-electron chi connectivity index (χ2n) is 19.3. The maximum atomic E-state index is 14.8. The molecule has 2 spiro atoms. The number of allylic oxidation sites excluding steroid dienone is 4. The summed E-state index contributed by atoms with van der Waals surface area (Å²) in [6, 6.07) is 9.67. The predicted octanol–water partition coefficient (Wildman–Crippen LogP) is 8.54. The fourth-order valence-corrected chi connectivity index (χ4v) is 13.4. The lowest BCUT2D eigenvalue weighted by atomic mass is 9.32. The maximum absolute atomic E-state index is 14.8. The normalized spacial score (nSPS) is 44.8. The zero-order valence-corrected chi connectivity index (χ0v) is 32.3. The summed E-state index contributed by atoms with van der Waals surface area (Å²) in [5, 5.41) is 24.2. The minimum atomic E-state index is -1.16. The summed E-state index contributed by atoms with van der Waals surface area (Å²) in [4.78, 5) is 31.0. The van der Waals surface area contributed by atoms with Crippen LogP contribution < -0.4 is 0 Å². The summed E-state index contributed by atoms with van der Waals surface area (Å²) in [5.41, 5.74) is -1.14. The van der Waals surface area contributed by atoms with Gasteiger partial charge in [0.1, 0.15) is 6.10 Å². The topological polar surface area (TPSA) is 96.3 Å². The van der Waals surface area contributed by atoms with Gasteiger partial charge in [0.25, 0.3) is 0 Å². The highest BCUT2D eigenvalue weighted by Crippen LogP contribution is 2.78. The van der Waals surface area contributed by atoms with Crippen molar-refractivity contribution >= 4 is 11.9 Å². The molecule has 0 radical (unpaired) electrons. The summed E-state index contributed by atoms with van der Waals surface area (Å²) >= 11 is 0. The number of ether oxygens (including phenoxy) is 2. The van der Waals surface area contributed by atoms with Crippen molar-refractivity contribution in [2.45, 2.75) is 136 Å². The minimum Gasteiger partial charge on any atom is -0.446 e. The van der Waals surface area contributed by atoms with Crippen molar-refractivity contribution in [3.63, 3.8) is 0 Å². The standard InChI is InChI=1S/C45H63NO6/c1-29(2)34-14-13-30(3)24-36(34)52-40(49)46(27-33-12-9-23-51-33)28-44(50)20-17-38-42(44,5)19-16-37-41(4)18-15-32(47)25-43(41)21-22-45(37,38)35(26-43)39(48)31-10-7-6-8-11-31/h6-8,10-11,21-22,26,29-30,32-34,36-38,47,50H,9,12-20,23-25,27-28H2,1-5H3/t30-,32?,33+,34+,36-,37+,38+,41+,42-,43-,44+,45+/m0/s1. The third-order valence-corrected chi connectivity index (χ3v) is 16.4. The number of nitrogens with zero attached hydrogens (tertiary/aromatic N) is 1. The van der Waals surface area contributed by atoms with Crippen LogP contribution in [0.4, 0.5) is 4.79 Å². The van der Waals surface area contributed by atoms with Crippen LogP contribution in [0.25, 0.3) is 0 Å². The zero-order chi connectivity index (χ0) is 36.7. The molecule has 9 rings (SSSR count). The quantitative estimate of drug-likeness (QED) is 0.207. The molecule has 1 aromatic rings. The lowest BCUT2D eigenvalue weighted by Crippen LogP contribution is -2.67. The smallest absolute Gasteiger partial charge is 0.410 e. The van der Waals surface area contributed by atoms with Crippen LogP contribution in [0, 0.1) is 51.2 Å². The predicted molar refractivity (Wildman–Crippen MR) is 201 cm³/mol. The van der Waals surface area contributed by atoms with Crippen molar-refractivity contribution in [1.82, 2.24) is 4.90 Å². The van der Waals surface area contributed by atoms with Crippen molar-refractivity contribution < 1.29 is 29.3 Å². The lowest BCUT2D eigenvalue weighted by molar-refractivity contribution is -0.176. The zero-order valence-electron chi connectivity index (χ0n) is 32.3.